The lowest BCUT2D eigenvalue weighted by Gasteiger charge is -2.24. The number of nitrogens with zero attached hydrogens (tertiary/aromatic N) is 2. The fourth-order valence-electron chi connectivity index (χ4n) is 5.83. The van der Waals surface area contributed by atoms with Gasteiger partial charge in [0, 0.05) is 12.0 Å². The Morgan fingerprint density at radius 2 is 1.89 bits per heavy atom. The standard InChI is InChI=1S/C35H36N2O7S/c1-5-7-8-15-43-27-14-9-21(18-28(27)41-4)31-30(32(38)22-10-13-26-23(17-22)16-20(3)44-26)33(39)34(40)37(31)35-36-25-12-11-24(42-6-2)19-29(25)45-35/h9-14,17-20,31,38H,5-8,15-16H2,1-4H3/b32-30+/t20-,31-/m1/s1. The highest BCUT2D eigenvalue weighted by Crippen LogP contribution is 2.46. The Hall–Kier alpha value is -4.57. The van der Waals surface area contributed by atoms with E-state index in [1.807, 2.05) is 38.1 Å². The minimum absolute atomic E-state index is 0.0143. The number of carbonyl (C=O) groups excluding carboxylic acids is 2. The van der Waals surface area contributed by atoms with Crippen LogP contribution in [0.4, 0.5) is 5.13 Å². The van der Waals surface area contributed by atoms with E-state index < -0.39 is 17.7 Å². The van der Waals surface area contributed by atoms with E-state index in [9.17, 15) is 14.7 Å². The van der Waals surface area contributed by atoms with E-state index >= 15 is 0 Å². The van der Waals surface area contributed by atoms with Gasteiger partial charge in [0.25, 0.3) is 5.78 Å². The van der Waals surface area contributed by atoms with Crippen LogP contribution in [0.1, 0.15) is 62.8 Å². The molecule has 6 rings (SSSR count). The van der Waals surface area contributed by atoms with Crippen LogP contribution in [0.15, 0.2) is 60.2 Å². The third-order valence-electron chi connectivity index (χ3n) is 7.99. The van der Waals surface area contributed by atoms with Crippen molar-refractivity contribution in [3.63, 3.8) is 0 Å². The number of methoxy groups -OCH3 is 1. The monoisotopic (exact) mass is 628 g/mol. The lowest BCUT2D eigenvalue weighted by atomic mass is 9.94. The highest BCUT2D eigenvalue weighted by atomic mass is 32.1. The van der Waals surface area contributed by atoms with Gasteiger partial charge in [-0.15, -0.1) is 0 Å². The van der Waals surface area contributed by atoms with E-state index in [1.54, 1.807) is 37.4 Å². The Kier molecular flexibility index (Phi) is 8.67. The van der Waals surface area contributed by atoms with Crippen molar-refractivity contribution in [1.82, 2.24) is 4.98 Å². The van der Waals surface area contributed by atoms with Crippen LogP contribution in [-0.4, -0.2) is 48.2 Å². The maximum absolute atomic E-state index is 13.8. The summed E-state index contributed by atoms with van der Waals surface area (Å²) in [5.74, 6) is 0.624. The molecule has 0 unspecified atom stereocenters. The number of benzene rings is 3. The molecule has 10 heteroatoms. The van der Waals surface area contributed by atoms with E-state index in [4.69, 9.17) is 23.9 Å². The van der Waals surface area contributed by atoms with Gasteiger partial charge in [0.2, 0.25) is 0 Å². The molecule has 2 aliphatic heterocycles. The number of aliphatic hydroxyl groups is 1. The number of amides is 1. The zero-order chi connectivity index (χ0) is 31.7. The summed E-state index contributed by atoms with van der Waals surface area (Å²) in [6.45, 7) is 7.07. The molecular formula is C35H36N2O7S. The zero-order valence-corrected chi connectivity index (χ0v) is 26.6. The smallest absolute Gasteiger partial charge is 0.301 e. The molecule has 2 aliphatic rings. The van der Waals surface area contributed by atoms with Crippen LogP contribution in [0.3, 0.4) is 0 Å². The molecule has 1 N–H and O–H groups in total. The predicted octanol–water partition coefficient (Wildman–Crippen LogP) is 7.22. The summed E-state index contributed by atoms with van der Waals surface area (Å²) in [7, 11) is 1.55. The van der Waals surface area contributed by atoms with E-state index in [1.165, 1.54) is 16.2 Å². The van der Waals surface area contributed by atoms with Gasteiger partial charge in [-0.2, -0.15) is 0 Å². The lowest BCUT2D eigenvalue weighted by molar-refractivity contribution is -0.132. The third kappa shape index (κ3) is 5.82. The van der Waals surface area contributed by atoms with Crippen LogP contribution in [0, 0.1) is 0 Å². The van der Waals surface area contributed by atoms with E-state index in [0.717, 1.165) is 35.3 Å². The maximum Gasteiger partial charge on any atom is 0.301 e. The number of carbonyl (C=O) groups is 2. The van der Waals surface area contributed by atoms with Crippen LogP contribution in [0.5, 0.6) is 23.0 Å². The molecule has 1 aromatic heterocycles. The number of aliphatic hydroxyl groups excluding tert-OH is 1. The van der Waals surface area contributed by atoms with Gasteiger partial charge >= 0.3 is 5.91 Å². The van der Waals surface area contributed by atoms with Crippen LogP contribution in [0.25, 0.3) is 16.0 Å². The van der Waals surface area contributed by atoms with Gasteiger partial charge in [-0.05, 0) is 79.9 Å². The first-order valence-electron chi connectivity index (χ1n) is 15.3. The Morgan fingerprint density at radius 1 is 1.04 bits per heavy atom. The molecular weight excluding hydrogens is 592 g/mol. The number of ether oxygens (including phenoxy) is 4. The van der Waals surface area contributed by atoms with Gasteiger partial charge in [0.15, 0.2) is 16.6 Å². The van der Waals surface area contributed by atoms with Crippen molar-refractivity contribution >= 4 is 44.1 Å². The van der Waals surface area contributed by atoms with Gasteiger partial charge in [-0.25, -0.2) is 4.98 Å². The fraction of sp³-hybridized carbons (Fsp3) is 0.343. The Balaban J connectivity index is 1.47. The molecule has 2 atom stereocenters. The molecule has 0 spiro atoms. The molecule has 9 nitrogen and oxygen atoms in total. The number of fused-ring (bicyclic) bond motifs is 2. The highest BCUT2D eigenvalue weighted by Gasteiger charge is 2.48. The molecule has 0 aliphatic carbocycles. The summed E-state index contributed by atoms with van der Waals surface area (Å²) in [4.78, 5) is 33.8. The second-order valence-electron chi connectivity index (χ2n) is 11.1. The van der Waals surface area contributed by atoms with Crippen LogP contribution in [0.2, 0.25) is 0 Å². The van der Waals surface area contributed by atoms with Gasteiger partial charge in [0.05, 0.1) is 42.2 Å². The Morgan fingerprint density at radius 3 is 2.67 bits per heavy atom. The molecule has 0 bridgehead atoms. The number of rotatable bonds is 11. The highest BCUT2D eigenvalue weighted by molar-refractivity contribution is 7.22. The van der Waals surface area contributed by atoms with Crippen molar-refractivity contribution in [2.45, 2.75) is 58.6 Å². The van der Waals surface area contributed by atoms with Gasteiger partial charge in [-0.3, -0.25) is 14.5 Å². The van der Waals surface area contributed by atoms with Gasteiger partial charge in [-0.1, -0.05) is 37.2 Å². The molecule has 0 radical (unpaired) electrons. The molecule has 3 aromatic carbocycles. The van der Waals surface area contributed by atoms with Crippen LogP contribution >= 0.6 is 11.3 Å². The summed E-state index contributed by atoms with van der Waals surface area (Å²) < 4.78 is 24.0. The summed E-state index contributed by atoms with van der Waals surface area (Å²) in [5.41, 5.74) is 2.57. The zero-order valence-electron chi connectivity index (χ0n) is 25.8. The topological polar surface area (TPSA) is 107 Å². The second-order valence-corrected chi connectivity index (χ2v) is 12.2. The van der Waals surface area contributed by atoms with E-state index in [0.29, 0.717) is 58.7 Å². The molecule has 45 heavy (non-hydrogen) atoms. The lowest BCUT2D eigenvalue weighted by Crippen LogP contribution is -2.29. The normalized spacial score (nSPS) is 18.7. The first-order chi connectivity index (χ1) is 21.8. The number of Topliss-reactive ketones (excluding diaryl/α,β-unsaturated/α-hetero) is 1. The minimum atomic E-state index is -0.969. The first-order valence-corrected chi connectivity index (χ1v) is 16.1. The SMILES string of the molecule is CCCCCOc1ccc([C@@H]2/C(=C(\O)c3ccc4c(c3)C[C@@H](C)O4)C(=O)C(=O)N2c2nc3ccc(OCC)cc3s2)cc1OC. The van der Waals surface area contributed by atoms with Crippen LogP contribution in [-0.2, 0) is 16.0 Å². The number of ketones is 1. The van der Waals surface area contributed by atoms with Gasteiger partial charge < -0.3 is 24.1 Å². The molecule has 234 valence electrons. The summed E-state index contributed by atoms with van der Waals surface area (Å²) >= 11 is 1.28. The summed E-state index contributed by atoms with van der Waals surface area (Å²) in [5, 5.41) is 12.1. The van der Waals surface area contributed by atoms with Crippen molar-refractivity contribution < 1.29 is 33.6 Å². The second kappa shape index (κ2) is 12.8. The van der Waals surface area contributed by atoms with E-state index in [-0.39, 0.29) is 17.4 Å². The predicted molar refractivity (Wildman–Crippen MR) is 174 cm³/mol. The average Bonchev–Trinajstić information content (AvgIpc) is 3.70. The number of aromatic nitrogens is 1. The number of hydrogen-bond acceptors (Lipinski definition) is 9. The Bertz CT molecular complexity index is 1800. The first kappa shape index (κ1) is 30.5. The van der Waals surface area contributed by atoms with Crippen molar-refractivity contribution in [2.24, 2.45) is 0 Å². The summed E-state index contributed by atoms with van der Waals surface area (Å²) in [6, 6.07) is 15.2. The number of thiazole rings is 1. The van der Waals surface area contributed by atoms with Gasteiger partial charge in [0.1, 0.15) is 23.4 Å². The molecule has 1 amide bonds. The number of hydrogen-bond donors (Lipinski definition) is 1. The quantitative estimate of drug-likeness (QED) is 0.0803. The fourth-order valence-corrected chi connectivity index (χ4v) is 6.85. The Labute approximate surface area is 266 Å². The minimum Gasteiger partial charge on any atom is -0.507 e. The number of unbranched alkanes of at least 4 members (excludes halogenated alkanes) is 2. The average molecular weight is 629 g/mol. The van der Waals surface area contributed by atoms with Crippen molar-refractivity contribution in [3.05, 3.63) is 76.9 Å². The molecule has 0 saturated carbocycles. The van der Waals surface area contributed by atoms with Crippen molar-refractivity contribution in [1.29, 1.82) is 0 Å². The summed E-state index contributed by atoms with van der Waals surface area (Å²) in [6.07, 6.45) is 3.74. The molecule has 3 heterocycles. The van der Waals surface area contributed by atoms with E-state index in [2.05, 4.69) is 6.92 Å². The molecule has 4 aromatic rings. The molecule has 1 fully saturated rings. The number of anilines is 1. The maximum atomic E-state index is 13.8. The van der Waals surface area contributed by atoms with Crippen LogP contribution < -0.4 is 23.8 Å². The van der Waals surface area contributed by atoms with Crippen molar-refractivity contribution in [2.75, 3.05) is 25.2 Å². The third-order valence-corrected chi connectivity index (χ3v) is 9.01. The largest absolute Gasteiger partial charge is 0.507 e. The molecule has 1 saturated heterocycles. The van der Waals surface area contributed by atoms with Crippen molar-refractivity contribution in [3.8, 4) is 23.0 Å².